The van der Waals surface area contributed by atoms with Gasteiger partial charge in [0.2, 0.25) is 6.10 Å². The van der Waals surface area contributed by atoms with E-state index in [1.165, 1.54) is 0 Å². The average molecular weight is 209 g/mol. The molecule has 1 heterocycles. The smallest absolute Gasteiger partial charge is 0.435 e. The molecule has 1 aliphatic heterocycles. The third-order valence-corrected chi connectivity index (χ3v) is 1.78. The molecule has 5 nitrogen and oxygen atoms in total. The first-order valence-corrected chi connectivity index (χ1v) is 4.01. The minimum Gasteiger partial charge on any atom is -0.463 e. The summed E-state index contributed by atoms with van der Waals surface area (Å²) in [5.41, 5.74) is -1.63. The van der Waals surface area contributed by atoms with E-state index < -0.39 is 22.9 Å². The number of cyclic esters (lactones) is 1. The predicted octanol–water partition coefficient (Wildman–Crippen LogP) is 1.25. The van der Waals surface area contributed by atoms with Crippen molar-refractivity contribution in [3.63, 3.8) is 0 Å². The summed E-state index contributed by atoms with van der Waals surface area (Å²) in [5, 5.41) is 0. The summed E-state index contributed by atoms with van der Waals surface area (Å²) in [7, 11) is 0. The normalized spacial score (nSPS) is 25.5. The van der Waals surface area contributed by atoms with Gasteiger partial charge in [0.25, 0.3) is 0 Å². The van der Waals surface area contributed by atoms with E-state index in [1.54, 1.807) is 13.8 Å². The van der Waals surface area contributed by atoms with Crippen LogP contribution in [0.3, 0.4) is 0 Å². The number of esters is 1. The summed E-state index contributed by atoms with van der Waals surface area (Å²) >= 11 is 4.86. The van der Waals surface area contributed by atoms with Crippen molar-refractivity contribution >= 4 is 23.0 Å². The Kier molecular flexibility index (Phi) is 2.77. The van der Waals surface area contributed by atoms with Crippen molar-refractivity contribution in [2.45, 2.75) is 20.0 Å². The van der Waals surface area contributed by atoms with E-state index in [1.807, 2.05) is 0 Å². The molecule has 0 radical (unpaired) electrons. The lowest BCUT2D eigenvalue weighted by atomic mass is 9.90. The molecular weight excluding hydrogens is 200 g/mol. The van der Waals surface area contributed by atoms with Crippen LogP contribution in [0.25, 0.3) is 0 Å². The van der Waals surface area contributed by atoms with Crippen molar-refractivity contribution in [2.24, 2.45) is 5.41 Å². The number of hydrogen-bond acceptors (Lipinski definition) is 5. The van der Waals surface area contributed by atoms with Gasteiger partial charge in [0.15, 0.2) is 0 Å². The number of carbonyl (C=O) groups is 2. The van der Waals surface area contributed by atoms with Crippen molar-refractivity contribution in [2.75, 3.05) is 6.61 Å². The molecule has 1 fully saturated rings. The minimum atomic E-state index is -1.12. The van der Waals surface area contributed by atoms with E-state index in [0.717, 1.165) is 0 Å². The largest absolute Gasteiger partial charge is 0.463 e. The molecule has 1 aliphatic rings. The van der Waals surface area contributed by atoms with Crippen LogP contribution >= 0.6 is 11.6 Å². The second-order valence-electron chi connectivity index (χ2n) is 3.39. The van der Waals surface area contributed by atoms with Gasteiger partial charge in [-0.2, -0.15) is 4.89 Å². The monoisotopic (exact) mass is 208 g/mol. The maximum atomic E-state index is 11.0. The fourth-order valence-electron chi connectivity index (χ4n) is 0.983. The quantitative estimate of drug-likeness (QED) is 0.296. The summed E-state index contributed by atoms with van der Waals surface area (Å²) < 4.78 is 4.71. The fourth-order valence-corrected chi connectivity index (χ4v) is 1.02. The van der Waals surface area contributed by atoms with Gasteiger partial charge in [0, 0.05) is 17.0 Å². The molecule has 0 aromatic heterocycles. The van der Waals surface area contributed by atoms with Crippen molar-refractivity contribution in [1.29, 1.82) is 0 Å². The van der Waals surface area contributed by atoms with Crippen molar-refractivity contribution in [1.82, 2.24) is 0 Å². The number of hydrogen-bond donors (Lipinski definition) is 0. The zero-order valence-corrected chi connectivity index (χ0v) is 7.96. The van der Waals surface area contributed by atoms with E-state index in [2.05, 4.69) is 9.78 Å². The van der Waals surface area contributed by atoms with Crippen LogP contribution < -0.4 is 0 Å². The van der Waals surface area contributed by atoms with E-state index in [-0.39, 0.29) is 6.61 Å². The lowest BCUT2D eigenvalue weighted by Gasteiger charge is -2.18. The summed E-state index contributed by atoms with van der Waals surface area (Å²) in [4.78, 5) is 29.8. The number of carbonyl (C=O) groups excluding carboxylic acids is 2. The fraction of sp³-hybridized carbons (Fsp3) is 0.714. The molecule has 0 bridgehead atoms. The minimum absolute atomic E-state index is 0.232. The molecule has 0 aromatic rings. The van der Waals surface area contributed by atoms with Crippen molar-refractivity contribution in [3.05, 3.63) is 0 Å². The van der Waals surface area contributed by atoms with Gasteiger partial charge in [-0.15, -0.1) is 0 Å². The lowest BCUT2D eigenvalue weighted by molar-refractivity contribution is -0.274. The van der Waals surface area contributed by atoms with Gasteiger partial charge in [-0.1, -0.05) is 13.8 Å². The van der Waals surface area contributed by atoms with Crippen LogP contribution in [0.4, 0.5) is 4.79 Å². The van der Waals surface area contributed by atoms with E-state index in [0.29, 0.717) is 0 Å². The Balaban J connectivity index is 2.56. The van der Waals surface area contributed by atoms with Gasteiger partial charge in [-0.25, -0.2) is 9.59 Å². The molecule has 1 rings (SSSR count). The molecule has 0 spiro atoms. The molecule has 74 valence electrons. The molecule has 0 saturated carbocycles. The van der Waals surface area contributed by atoms with Gasteiger partial charge in [0.1, 0.15) is 0 Å². The Morgan fingerprint density at radius 3 is 2.69 bits per heavy atom. The Labute approximate surface area is 79.8 Å². The number of rotatable bonds is 2. The lowest BCUT2D eigenvalue weighted by Crippen LogP contribution is -2.33. The molecule has 0 aliphatic carbocycles. The zero-order valence-electron chi connectivity index (χ0n) is 7.20. The number of halogens is 1. The molecular formula is C7H9ClO5. The second-order valence-corrected chi connectivity index (χ2v) is 3.70. The van der Waals surface area contributed by atoms with Crippen LogP contribution in [0.5, 0.6) is 0 Å². The van der Waals surface area contributed by atoms with E-state index in [4.69, 9.17) is 16.3 Å². The molecule has 1 atom stereocenters. The number of ether oxygens (including phenoxy) is 1. The maximum absolute atomic E-state index is 11.0. The topological polar surface area (TPSA) is 61.8 Å². The molecule has 0 amide bonds. The van der Waals surface area contributed by atoms with Crippen LogP contribution in [0.1, 0.15) is 13.8 Å². The van der Waals surface area contributed by atoms with Gasteiger partial charge < -0.3 is 4.74 Å². The van der Waals surface area contributed by atoms with Gasteiger partial charge >= 0.3 is 11.4 Å². The Bertz CT molecular complexity index is 237. The Morgan fingerprint density at radius 1 is 1.69 bits per heavy atom. The highest BCUT2D eigenvalue weighted by Crippen LogP contribution is 2.31. The Hall–Kier alpha value is -0.810. The summed E-state index contributed by atoms with van der Waals surface area (Å²) in [6.45, 7) is 3.74. The standard InChI is InChI=1S/C7H9ClO5/c1-7(2)3-11-5(9)4(7)12-13-6(8)10/h4H,3H2,1-2H3/t4-/m0/s1. The molecule has 13 heavy (non-hydrogen) atoms. The first kappa shape index (κ1) is 10.3. The highest BCUT2D eigenvalue weighted by atomic mass is 35.5. The third-order valence-electron chi connectivity index (χ3n) is 1.72. The average Bonchev–Trinajstić information content (AvgIpc) is 2.23. The van der Waals surface area contributed by atoms with Crippen molar-refractivity contribution < 1.29 is 24.1 Å². The molecule has 0 unspecified atom stereocenters. The molecule has 0 N–H and O–H groups in total. The second kappa shape index (κ2) is 3.51. The predicted molar refractivity (Wildman–Crippen MR) is 41.9 cm³/mol. The summed E-state index contributed by atoms with van der Waals surface area (Å²) in [6, 6.07) is 0. The SMILES string of the molecule is CC1(C)COC(=O)[C@@H]1OOC(=O)Cl. The maximum Gasteiger partial charge on any atom is 0.435 e. The van der Waals surface area contributed by atoms with Crippen LogP contribution in [0, 0.1) is 5.41 Å². The Morgan fingerprint density at radius 2 is 2.31 bits per heavy atom. The molecule has 0 aromatic carbocycles. The van der Waals surface area contributed by atoms with E-state index in [9.17, 15) is 9.59 Å². The zero-order chi connectivity index (χ0) is 10.1. The summed E-state index contributed by atoms with van der Waals surface area (Å²) in [5.74, 6) is -0.553. The van der Waals surface area contributed by atoms with Crippen molar-refractivity contribution in [3.8, 4) is 0 Å². The molecule has 1 saturated heterocycles. The first-order chi connectivity index (χ1) is 5.93. The highest BCUT2D eigenvalue weighted by molar-refractivity contribution is 6.61. The highest BCUT2D eigenvalue weighted by Gasteiger charge is 2.46. The third kappa shape index (κ3) is 2.32. The van der Waals surface area contributed by atoms with Crippen LogP contribution in [-0.2, 0) is 19.3 Å². The van der Waals surface area contributed by atoms with Gasteiger partial charge in [-0.05, 0) is 0 Å². The van der Waals surface area contributed by atoms with Crippen LogP contribution in [0.15, 0.2) is 0 Å². The molecule has 6 heteroatoms. The van der Waals surface area contributed by atoms with E-state index >= 15 is 0 Å². The van der Waals surface area contributed by atoms with Gasteiger partial charge in [-0.3, -0.25) is 4.89 Å². The van der Waals surface area contributed by atoms with Gasteiger partial charge in [0.05, 0.1) is 6.61 Å². The van der Waals surface area contributed by atoms with Crippen LogP contribution in [-0.4, -0.2) is 24.1 Å². The first-order valence-electron chi connectivity index (χ1n) is 3.63. The van der Waals surface area contributed by atoms with Crippen LogP contribution in [0.2, 0.25) is 0 Å². The summed E-state index contributed by atoms with van der Waals surface area (Å²) in [6.07, 6.45) is -0.907.